The molecular weight excluding hydrogens is 359 g/mol. The van der Waals surface area contributed by atoms with Crippen LogP contribution in [-0.2, 0) is 13.7 Å². The molecule has 0 amide bonds. The van der Waals surface area contributed by atoms with Crippen LogP contribution in [0.2, 0.25) is 0 Å². The van der Waals surface area contributed by atoms with Crippen molar-refractivity contribution in [1.82, 2.24) is 4.90 Å². The van der Waals surface area contributed by atoms with Gasteiger partial charge in [0, 0.05) is 19.6 Å². The summed E-state index contributed by atoms with van der Waals surface area (Å²) >= 11 is 0. The average Bonchev–Trinajstić information content (AvgIpc) is 2.24. The number of hydrogen-bond donors (Lipinski definition) is 6. The standard InChI is InChI=1S/C9H24NO9P3/c1-7(20(11,12)13)4-10(5-8(2)21(14,15)16)6-9(3)22(17,18)19/h7-9H,4-6H2,1-3H3,(H2,11,12,13)(H2,14,15,16)(H2,17,18,19). The van der Waals surface area contributed by atoms with E-state index < -0.39 is 39.8 Å². The van der Waals surface area contributed by atoms with Gasteiger partial charge in [-0.3, -0.25) is 13.7 Å². The summed E-state index contributed by atoms with van der Waals surface area (Å²) in [4.78, 5) is 55.9. The van der Waals surface area contributed by atoms with Gasteiger partial charge in [-0.25, -0.2) is 0 Å². The molecule has 3 unspecified atom stereocenters. The van der Waals surface area contributed by atoms with Gasteiger partial charge in [0.05, 0.1) is 17.0 Å². The first-order chi connectivity index (χ1) is 9.55. The highest BCUT2D eigenvalue weighted by Gasteiger charge is 2.33. The highest BCUT2D eigenvalue weighted by atomic mass is 31.2. The first kappa shape index (κ1) is 22.4. The maximum absolute atomic E-state index is 11.2. The van der Waals surface area contributed by atoms with Crippen molar-refractivity contribution >= 4 is 22.8 Å². The second-order valence-corrected chi connectivity index (χ2v) is 11.7. The molecule has 134 valence electrons. The molecule has 0 heterocycles. The Morgan fingerprint density at radius 1 is 0.636 bits per heavy atom. The highest BCUT2D eigenvalue weighted by Crippen LogP contribution is 2.45. The monoisotopic (exact) mass is 383 g/mol. The van der Waals surface area contributed by atoms with Crippen LogP contribution in [0.1, 0.15) is 20.8 Å². The van der Waals surface area contributed by atoms with Crippen molar-refractivity contribution in [2.75, 3.05) is 19.6 Å². The van der Waals surface area contributed by atoms with Crippen molar-refractivity contribution in [3.05, 3.63) is 0 Å². The van der Waals surface area contributed by atoms with Gasteiger partial charge in [0.2, 0.25) is 0 Å². The smallest absolute Gasteiger partial charge is 0.324 e. The van der Waals surface area contributed by atoms with Gasteiger partial charge in [0.25, 0.3) is 0 Å². The number of hydrogen-bond acceptors (Lipinski definition) is 4. The van der Waals surface area contributed by atoms with Gasteiger partial charge in [0.15, 0.2) is 0 Å². The molecule has 0 fully saturated rings. The molecule has 3 atom stereocenters. The van der Waals surface area contributed by atoms with E-state index in [0.29, 0.717) is 0 Å². The lowest BCUT2D eigenvalue weighted by molar-refractivity contribution is 0.243. The van der Waals surface area contributed by atoms with Crippen molar-refractivity contribution in [3.63, 3.8) is 0 Å². The molecular formula is C9H24NO9P3. The predicted molar refractivity (Wildman–Crippen MR) is 81.0 cm³/mol. The molecule has 0 spiro atoms. The van der Waals surface area contributed by atoms with E-state index in [0.717, 1.165) is 0 Å². The maximum Gasteiger partial charge on any atom is 0.329 e. The summed E-state index contributed by atoms with van der Waals surface area (Å²) in [6.45, 7) is 3.07. The summed E-state index contributed by atoms with van der Waals surface area (Å²) in [7, 11) is -13.2. The van der Waals surface area contributed by atoms with Crippen molar-refractivity contribution in [3.8, 4) is 0 Å². The van der Waals surface area contributed by atoms with E-state index in [1.54, 1.807) is 0 Å². The zero-order valence-corrected chi connectivity index (χ0v) is 15.2. The minimum absolute atomic E-state index is 0.237. The van der Waals surface area contributed by atoms with Gasteiger partial charge in [-0.2, -0.15) is 0 Å². The van der Waals surface area contributed by atoms with Gasteiger partial charge in [-0.05, 0) is 20.8 Å². The Hall–Kier alpha value is 0.410. The largest absolute Gasteiger partial charge is 0.329 e. The third-order valence-corrected chi connectivity index (χ3v) is 7.22. The van der Waals surface area contributed by atoms with E-state index in [-0.39, 0.29) is 19.6 Å². The Labute approximate surface area is 129 Å². The predicted octanol–water partition coefficient (Wildman–Crippen LogP) is -0.0130. The van der Waals surface area contributed by atoms with Crippen LogP contribution in [0, 0.1) is 0 Å². The SMILES string of the molecule is CC(CN(CC(C)P(=O)(O)O)CC(C)P(=O)(O)O)P(=O)(O)O. The Morgan fingerprint density at radius 3 is 0.955 bits per heavy atom. The molecule has 0 radical (unpaired) electrons. The maximum atomic E-state index is 11.2. The van der Waals surface area contributed by atoms with Crippen LogP contribution >= 0.6 is 22.8 Å². The Morgan fingerprint density at radius 2 is 0.818 bits per heavy atom. The van der Waals surface area contributed by atoms with Crippen LogP contribution in [-0.4, -0.2) is 70.9 Å². The van der Waals surface area contributed by atoms with Crippen molar-refractivity contribution in [1.29, 1.82) is 0 Å². The lowest BCUT2D eigenvalue weighted by Crippen LogP contribution is -2.40. The summed E-state index contributed by atoms with van der Waals surface area (Å²) in [6, 6.07) is 0. The van der Waals surface area contributed by atoms with Crippen LogP contribution in [0.3, 0.4) is 0 Å². The summed E-state index contributed by atoms with van der Waals surface area (Å²) in [5.41, 5.74) is -3.37. The van der Waals surface area contributed by atoms with E-state index in [1.165, 1.54) is 25.7 Å². The van der Waals surface area contributed by atoms with E-state index in [4.69, 9.17) is 29.4 Å². The number of rotatable bonds is 9. The molecule has 10 nitrogen and oxygen atoms in total. The van der Waals surface area contributed by atoms with Gasteiger partial charge in [-0.15, -0.1) is 0 Å². The number of nitrogens with zero attached hydrogens (tertiary/aromatic N) is 1. The normalized spacial score (nSPS) is 18.3. The molecule has 0 saturated carbocycles. The fraction of sp³-hybridized carbons (Fsp3) is 1.00. The lowest BCUT2D eigenvalue weighted by atomic mass is 10.3. The van der Waals surface area contributed by atoms with E-state index in [1.807, 2.05) is 0 Å². The minimum atomic E-state index is -4.41. The third kappa shape index (κ3) is 8.31. The fourth-order valence-electron chi connectivity index (χ4n) is 1.66. The third-order valence-electron chi connectivity index (χ3n) is 3.29. The molecule has 0 saturated heterocycles. The minimum Gasteiger partial charge on any atom is -0.324 e. The molecule has 0 aromatic rings. The summed E-state index contributed by atoms with van der Waals surface area (Å²) in [6.07, 6.45) is 0. The van der Waals surface area contributed by atoms with Crippen molar-refractivity contribution < 1.29 is 43.1 Å². The van der Waals surface area contributed by atoms with Crippen molar-refractivity contribution in [2.24, 2.45) is 0 Å². The molecule has 0 rings (SSSR count). The van der Waals surface area contributed by atoms with Gasteiger partial charge < -0.3 is 34.3 Å². The Bertz CT molecular complexity index is 423. The van der Waals surface area contributed by atoms with E-state index in [9.17, 15) is 13.7 Å². The molecule has 0 bridgehead atoms. The molecule has 0 aromatic carbocycles. The molecule has 6 N–H and O–H groups in total. The quantitative estimate of drug-likeness (QED) is 0.297. The van der Waals surface area contributed by atoms with Crippen LogP contribution in [0.5, 0.6) is 0 Å². The molecule has 0 aromatic heterocycles. The van der Waals surface area contributed by atoms with Crippen LogP contribution in [0.25, 0.3) is 0 Å². The first-order valence-electron chi connectivity index (χ1n) is 6.43. The summed E-state index contributed by atoms with van der Waals surface area (Å²) in [5.74, 6) is 0. The summed E-state index contributed by atoms with van der Waals surface area (Å²) < 4.78 is 33.6. The average molecular weight is 383 g/mol. The zero-order chi connectivity index (χ0) is 17.9. The zero-order valence-electron chi connectivity index (χ0n) is 12.6. The Kier molecular flexibility index (Phi) is 8.14. The van der Waals surface area contributed by atoms with Crippen molar-refractivity contribution in [2.45, 2.75) is 37.7 Å². The van der Waals surface area contributed by atoms with Crippen LogP contribution < -0.4 is 0 Å². The second kappa shape index (κ2) is 7.99. The molecule has 22 heavy (non-hydrogen) atoms. The molecule has 13 heteroatoms. The Balaban J connectivity index is 5.11. The topological polar surface area (TPSA) is 176 Å². The lowest BCUT2D eigenvalue weighted by Gasteiger charge is -2.31. The van der Waals surface area contributed by atoms with Gasteiger partial charge >= 0.3 is 22.8 Å². The second-order valence-electron chi connectivity index (χ2n) is 5.53. The van der Waals surface area contributed by atoms with E-state index in [2.05, 4.69) is 0 Å². The molecule has 0 aliphatic carbocycles. The van der Waals surface area contributed by atoms with Gasteiger partial charge in [0.1, 0.15) is 0 Å². The van der Waals surface area contributed by atoms with Crippen LogP contribution in [0.4, 0.5) is 0 Å². The highest BCUT2D eigenvalue weighted by molar-refractivity contribution is 7.53. The van der Waals surface area contributed by atoms with Crippen LogP contribution in [0.15, 0.2) is 0 Å². The fourth-order valence-corrected chi connectivity index (χ4v) is 2.99. The molecule has 0 aliphatic rings. The van der Waals surface area contributed by atoms with E-state index >= 15 is 0 Å². The molecule has 0 aliphatic heterocycles. The summed E-state index contributed by atoms with van der Waals surface area (Å²) in [5, 5.41) is 0. The first-order valence-corrected chi connectivity index (χ1v) is 11.5. The van der Waals surface area contributed by atoms with Gasteiger partial charge in [-0.1, -0.05) is 0 Å².